The number of halogens is 17. The summed E-state index contributed by atoms with van der Waals surface area (Å²) in [4.78, 5) is 9.88. The molecule has 0 heterocycles. The quantitative estimate of drug-likeness (QED) is 0.283. The average Bonchev–Trinajstić information content (AvgIpc) is 2.51. The van der Waals surface area contributed by atoms with Crippen LogP contribution in [0.1, 0.15) is 6.42 Å². The number of hydrogen-bond donors (Lipinski definition) is 0. The van der Waals surface area contributed by atoms with Crippen LogP contribution in [0.4, 0.5) is 74.6 Å². The van der Waals surface area contributed by atoms with Gasteiger partial charge >= 0.3 is 55.9 Å². The standard InChI is InChI=1S/C10H4F17O3P/c11-3(12,1-2-30-31(28)29)4(13,14)5(15,16)6(17,18)7(19,20)8(21,22)9(23,24)10(25,26)27/h1-2H2. The van der Waals surface area contributed by atoms with Crippen molar-refractivity contribution in [3.63, 3.8) is 0 Å². The van der Waals surface area contributed by atoms with E-state index in [1.165, 1.54) is 0 Å². The van der Waals surface area contributed by atoms with Gasteiger partial charge in [-0.2, -0.15) is 74.6 Å². The molecule has 0 saturated carbocycles. The Bertz CT molecular complexity index is 670. The van der Waals surface area contributed by atoms with Crippen molar-refractivity contribution in [3.05, 3.63) is 0 Å². The van der Waals surface area contributed by atoms with E-state index in [0.29, 0.717) is 0 Å². The van der Waals surface area contributed by atoms with Gasteiger partial charge in [-0.3, -0.25) is 0 Å². The normalized spacial score (nSPS) is 16.5. The molecule has 0 N–H and O–H groups in total. The second-order valence-electron chi connectivity index (χ2n) is 5.46. The SMILES string of the molecule is O=[P+]([O-])OCCC(F)(F)C(F)(F)C(F)(F)C(F)(F)C(F)(F)C(F)(F)C(F)(F)C(F)(F)F. The summed E-state index contributed by atoms with van der Waals surface area (Å²) < 4.78 is 232. The van der Waals surface area contributed by atoms with Gasteiger partial charge in [-0.1, -0.05) is 0 Å². The van der Waals surface area contributed by atoms with Crippen molar-refractivity contribution in [2.75, 3.05) is 6.61 Å². The van der Waals surface area contributed by atoms with E-state index in [9.17, 15) is 84.1 Å². The van der Waals surface area contributed by atoms with Crippen LogP contribution in [0.2, 0.25) is 0 Å². The molecule has 0 saturated heterocycles. The molecule has 0 bridgehead atoms. The molecule has 1 atom stereocenters. The minimum atomic E-state index is -8.70. The Labute approximate surface area is 159 Å². The highest BCUT2D eigenvalue weighted by molar-refractivity contribution is 7.30. The Morgan fingerprint density at radius 3 is 1.13 bits per heavy atom. The zero-order valence-electron chi connectivity index (χ0n) is 13.5. The molecule has 31 heavy (non-hydrogen) atoms. The topological polar surface area (TPSA) is 49.4 Å². The second-order valence-corrected chi connectivity index (χ2v) is 6.16. The molecule has 0 aliphatic carbocycles. The van der Waals surface area contributed by atoms with E-state index >= 15 is 0 Å². The summed E-state index contributed by atoms with van der Waals surface area (Å²) in [5, 5.41) is 0. The van der Waals surface area contributed by atoms with Crippen LogP contribution in [0, 0.1) is 0 Å². The number of hydrogen-bond acceptors (Lipinski definition) is 3. The third-order valence-corrected chi connectivity index (χ3v) is 3.79. The van der Waals surface area contributed by atoms with E-state index in [0.717, 1.165) is 0 Å². The van der Waals surface area contributed by atoms with E-state index in [2.05, 4.69) is 4.52 Å². The van der Waals surface area contributed by atoms with Gasteiger partial charge in [0.25, 0.3) is 0 Å². The Morgan fingerprint density at radius 1 is 0.548 bits per heavy atom. The van der Waals surface area contributed by atoms with Crippen LogP contribution < -0.4 is 4.89 Å². The summed E-state index contributed by atoms with van der Waals surface area (Å²) in [6.07, 6.45) is -10.8. The van der Waals surface area contributed by atoms with Crippen molar-refractivity contribution in [3.8, 4) is 0 Å². The van der Waals surface area contributed by atoms with E-state index in [1.54, 1.807) is 0 Å². The van der Waals surface area contributed by atoms with Crippen LogP contribution in [0.25, 0.3) is 0 Å². The molecule has 1 unspecified atom stereocenters. The first kappa shape index (κ1) is 29.8. The van der Waals surface area contributed by atoms with Crippen LogP contribution in [-0.4, -0.2) is 54.2 Å². The molecule has 0 aromatic carbocycles. The molecule has 0 radical (unpaired) electrons. The predicted octanol–water partition coefficient (Wildman–Crippen LogP) is 5.42. The summed E-state index contributed by atoms with van der Waals surface area (Å²) in [7, 11) is -4.12. The van der Waals surface area contributed by atoms with Gasteiger partial charge in [-0.25, -0.2) is 0 Å². The zero-order chi connectivity index (χ0) is 25.7. The van der Waals surface area contributed by atoms with Crippen molar-refractivity contribution in [2.45, 2.75) is 54.1 Å². The maximum Gasteiger partial charge on any atom is 0.488 e. The molecule has 0 rings (SSSR count). The molecule has 0 aliphatic rings. The summed E-state index contributed by atoms with van der Waals surface area (Å²) >= 11 is 0. The van der Waals surface area contributed by atoms with Gasteiger partial charge < -0.3 is 4.89 Å². The molecule has 186 valence electrons. The van der Waals surface area contributed by atoms with Crippen molar-refractivity contribution in [1.82, 2.24) is 0 Å². The first-order valence-electron chi connectivity index (χ1n) is 6.65. The zero-order valence-corrected chi connectivity index (χ0v) is 14.4. The van der Waals surface area contributed by atoms with Crippen LogP contribution in [0.3, 0.4) is 0 Å². The smallest absolute Gasteiger partial charge is 0.488 e. The van der Waals surface area contributed by atoms with Crippen LogP contribution in [0.5, 0.6) is 0 Å². The Morgan fingerprint density at radius 2 is 0.839 bits per heavy atom. The lowest BCUT2D eigenvalue weighted by atomic mass is 9.88. The highest BCUT2D eigenvalue weighted by Gasteiger charge is 2.95. The minimum absolute atomic E-state index is 2.18. The molecule has 3 nitrogen and oxygen atoms in total. The van der Waals surface area contributed by atoms with Crippen molar-refractivity contribution in [2.24, 2.45) is 0 Å². The molecule has 21 heteroatoms. The van der Waals surface area contributed by atoms with Crippen molar-refractivity contribution < 1.29 is 88.6 Å². The summed E-state index contributed by atoms with van der Waals surface area (Å²) in [5.74, 6) is -57.0. The number of rotatable bonds is 10. The molecule has 0 aromatic rings. The number of alkyl halides is 17. The maximum atomic E-state index is 13.3. The predicted molar refractivity (Wildman–Crippen MR) is 58.9 cm³/mol. The van der Waals surface area contributed by atoms with Crippen molar-refractivity contribution in [1.29, 1.82) is 0 Å². The fourth-order valence-electron chi connectivity index (χ4n) is 1.60. The lowest BCUT2D eigenvalue weighted by Gasteiger charge is -2.42. The van der Waals surface area contributed by atoms with Gasteiger partial charge in [0.1, 0.15) is 6.61 Å². The lowest BCUT2D eigenvalue weighted by Crippen LogP contribution is -2.74. The maximum absolute atomic E-state index is 13.3. The largest absolute Gasteiger partial charge is 0.566 e. The fraction of sp³-hybridized carbons (Fsp3) is 1.00. The van der Waals surface area contributed by atoms with Gasteiger partial charge in [0.2, 0.25) is 0 Å². The molecule has 0 amide bonds. The van der Waals surface area contributed by atoms with Crippen molar-refractivity contribution >= 4 is 8.25 Å². The van der Waals surface area contributed by atoms with Crippen LogP contribution >= 0.6 is 8.25 Å². The summed E-state index contributed by atoms with van der Waals surface area (Å²) in [6.45, 7) is -2.18. The highest BCUT2D eigenvalue weighted by atomic mass is 31.1. The third-order valence-electron chi connectivity index (χ3n) is 3.40. The van der Waals surface area contributed by atoms with Crippen LogP contribution in [-0.2, 0) is 9.09 Å². The lowest BCUT2D eigenvalue weighted by molar-refractivity contribution is -0.461. The van der Waals surface area contributed by atoms with Gasteiger partial charge in [0.15, 0.2) is 0 Å². The third kappa shape index (κ3) is 4.38. The van der Waals surface area contributed by atoms with Gasteiger partial charge in [0.05, 0.1) is 0 Å². The van der Waals surface area contributed by atoms with E-state index in [-0.39, 0.29) is 0 Å². The van der Waals surface area contributed by atoms with Gasteiger partial charge in [-0.05, 0) is 4.57 Å². The monoisotopic (exact) mass is 526 g/mol. The highest BCUT2D eigenvalue weighted by Crippen LogP contribution is 2.64. The average molecular weight is 526 g/mol. The summed E-state index contributed by atoms with van der Waals surface area (Å²) in [6, 6.07) is 0. The van der Waals surface area contributed by atoms with Gasteiger partial charge in [0, 0.05) is 6.42 Å². The molecule has 0 aliphatic heterocycles. The molecular formula is C10H4F17O3P. The molecule has 0 spiro atoms. The minimum Gasteiger partial charge on any atom is -0.566 e. The Kier molecular flexibility index (Phi) is 7.70. The Hall–Kier alpha value is -1.17. The molecular weight excluding hydrogens is 522 g/mol. The Balaban J connectivity index is 6.46. The second kappa shape index (κ2) is 8.00. The molecule has 0 fully saturated rings. The summed E-state index contributed by atoms with van der Waals surface area (Å²) in [5.41, 5.74) is 0. The molecule has 0 aromatic heterocycles. The first-order valence-corrected chi connectivity index (χ1v) is 7.75. The first-order chi connectivity index (χ1) is 13.2. The van der Waals surface area contributed by atoms with E-state index in [1.807, 2.05) is 0 Å². The van der Waals surface area contributed by atoms with Crippen LogP contribution in [0.15, 0.2) is 0 Å². The van der Waals surface area contributed by atoms with Gasteiger partial charge in [-0.15, -0.1) is 4.52 Å². The van der Waals surface area contributed by atoms with E-state index < -0.39 is 68.9 Å². The van der Waals surface area contributed by atoms with E-state index in [4.69, 9.17) is 0 Å². The fourth-order valence-corrected chi connectivity index (χ4v) is 1.84.